The van der Waals surface area contributed by atoms with Crippen molar-refractivity contribution in [3.63, 3.8) is 0 Å². The van der Waals surface area contributed by atoms with E-state index in [1.165, 1.54) is 41.6 Å². The van der Waals surface area contributed by atoms with Crippen molar-refractivity contribution < 1.29 is 27.5 Å². The summed E-state index contributed by atoms with van der Waals surface area (Å²) in [6.07, 6.45) is 2.62. The maximum Gasteiger partial charge on any atom is 0.338 e. The van der Waals surface area contributed by atoms with E-state index in [0.717, 1.165) is 19.3 Å². The summed E-state index contributed by atoms with van der Waals surface area (Å²) in [6, 6.07) is 12.0. The zero-order chi connectivity index (χ0) is 22.4. The number of esters is 1. The van der Waals surface area contributed by atoms with Gasteiger partial charge >= 0.3 is 5.97 Å². The van der Waals surface area contributed by atoms with Gasteiger partial charge in [0, 0.05) is 24.3 Å². The van der Waals surface area contributed by atoms with Crippen LogP contribution in [0, 0.1) is 0 Å². The monoisotopic (exact) mass is 444 g/mol. The Bertz CT molecular complexity index is 1090. The summed E-state index contributed by atoms with van der Waals surface area (Å²) in [6.45, 7) is 1.79. The van der Waals surface area contributed by atoms with Crippen LogP contribution in [0.1, 0.15) is 46.9 Å². The highest BCUT2D eigenvalue weighted by atomic mass is 32.2. The van der Waals surface area contributed by atoms with E-state index in [0.29, 0.717) is 24.3 Å². The zero-order valence-corrected chi connectivity index (χ0v) is 18.0. The lowest BCUT2D eigenvalue weighted by Gasteiger charge is -2.25. The Labute approximate surface area is 181 Å². The third-order valence-corrected chi connectivity index (χ3v) is 6.80. The summed E-state index contributed by atoms with van der Waals surface area (Å²) >= 11 is 0. The molecule has 2 aromatic rings. The number of nitrogens with one attached hydrogen (secondary N) is 1. The minimum absolute atomic E-state index is 0.0225. The minimum atomic E-state index is -3.68. The lowest BCUT2D eigenvalue weighted by atomic mass is 10.1. The number of amides is 1. The van der Waals surface area contributed by atoms with Crippen molar-refractivity contribution in [2.75, 3.05) is 25.0 Å². The molecule has 8 nitrogen and oxygen atoms in total. The number of anilines is 1. The molecule has 1 aliphatic rings. The largest absolute Gasteiger partial charge is 0.452 e. The van der Waals surface area contributed by atoms with Crippen LogP contribution in [0.15, 0.2) is 53.4 Å². The molecule has 0 atom stereocenters. The number of ether oxygens (including phenoxy) is 1. The maximum absolute atomic E-state index is 12.8. The molecule has 1 N–H and O–H groups in total. The molecule has 1 fully saturated rings. The lowest BCUT2D eigenvalue weighted by Crippen LogP contribution is -2.35. The predicted octanol–water partition coefficient (Wildman–Crippen LogP) is 2.86. The van der Waals surface area contributed by atoms with Gasteiger partial charge in [-0.05, 0) is 50.1 Å². The Hall–Kier alpha value is -3.04. The molecule has 0 unspecified atom stereocenters. The van der Waals surface area contributed by atoms with Gasteiger partial charge in [0.15, 0.2) is 12.4 Å². The molecule has 2 aromatic carbocycles. The first-order chi connectivity index (χ1) is 14.8. The molecule has 1 amide bonds. The smallest absolute Gasteiger partial charge is 0.338 e. The van der Waals surface area contributed by atoms with Gasteiger partial charge in [0.2, 0.25) is 10.0 Å². The number of piperidine rings is 1. The van der Waals surface area contributed by atoms with Crippen molar-refractivity contribution >= 4 is 33.4 Å². The lowest BCUT2D eigenvalue weighted by molar-refractivity contribution is -0.119. The van der Waals surface area contributed by atoms with Crippen molar-refractivity contribution in [1.82, 2.24) is 4.31 Å². The van der Waals surface area contributed by atoms with Gasteiger partial charge in [0.25, 0.3) is 5.91 Å². The highest BCUT2D eigenvalue weighted by molar-refractivity contribution is 7.89. The number of ketones is 1. The Morgan fingerprint density at radius 1 is 0.968 bits per heavy atom. The van der Waals surface area contributed by atoms with E-state index in [1.807, 2.05) is 0 Å². The molecule has 0 aromatic heterocycles. The van der Waals surface area contributed by atoms with E-state index in [4.69, 9.17) is 4.74 Å². The summed E-state index contributed by atoms with van der Waals surface area (Å²) in [4.78, 5) is 35.9. The number of rotatable bonds is 7. The van der Waals surface area contributed by atoms with Gasteiger partial charge in [0.1, 0.15) is 0 Å². The van der Waals surface area contributed by atoms with Crippen LogP contribution in [0.5, 0.6) is 0 Å². The number of hydrogen-bond acceptors (Lipinski definition) is 6. The number of benzene rings is 2. The van der Waals surface area contributed by atoms with Crippen molar-refractivity contribution in [1.29, 1.82) is 0 Å². The van der Waals surface area contributed by atoms with Gasteiger partial charge in [-0.15, -0.1) is 0 Å². The molecule has 0 radical (unpaired) electrons. The summed E-state index contributed by atoms with van der Waals surface area (Å²) in [5.74, 6) is -1.52. The summed E-state index contributed by atoms with van der Waals surface area (Å²) in [7, 11) is -3.68. The molecule has 9 heteroatoms. The third kappa shape index (κ3) is 5.77. The molecular weight excluding hydrogens is 420 g/mol. The summed E-state index contributed by atoms with van der Waals surface area (Å²) in [5.41, 5.74) is 0.898. The molecule has 0 saturated carbocycles. The van der Waals surface area contributed by atoms with Crippen LogP contribution in [0.4, 0.5) is 5.69 Å². The first kappa shape index (κ1) is 22.6. The normalized spacial score (nSPS) is 14.6. The molecule has 164 valence electrons. The Balaban J connectivity index is 1.62. The number of nitrogens with zero attached hydrogens (tertiary/aromatic N) is 1. The maximum atomic E-state index is 12.8. The van der Waals surface area contributed by atoms with Gasteiger partial charge < -0.3 is 10.1 Å². The topological polar surface area (TPSA) is 110 Å². The molecule has 31 heavy (non-hydrogen) atoms. The Kier molecular flexibility index (Phi) is 7.19. The number of hydrogen-bond donors (Lipinski definition) is 1. The summed E-state index contributed by atoms with van der Waals surface area (Å²) < 4.78 is 32.0. The second-order valence-electron chi connectivity index (χ2n) is 7.25. The standard InChI is InChI=1S/C22H24N2O6S/c1-16(25)17-7-5-9-19(13-17)23-21(26)15-30-22(27)18-8-6-10-20(14-18)31(28,29)24-11-3-2-4-12-24/h5-10,13-14H,2-4,11-12,15H2,1H3,(H,23,26). The molecule has 0 aliphatic carbocycles. The van der Waals surface area contributed by atoms with Gasteiger partial charge in [-0.2, -0.15) is 4.31 Å². The van der Waals surface area contributed by atoms with Crippen LogP contribution in [-0.4, -0.2) is 50.1 Å². The minimum Gasteiger partial charge on any atom is -0.452 e. The molecule has 0 spiro atoms. The quantitative estimate of drug-likeness (QED) is 0.519. The second kappa shape index (κ2) is 9.84. The SMILES string of the molecule is CC(=O)c1cccc(NC(=O)COC(=O)c2cccc(S(=O)(=O)N3CCCCC3)c2)c1. The first-order valence-electron chi connectivity index (χ1n) is 9.95. The highest BCUT2D eigenvalue weighted by Gasteiger charge is 2.26. The van der Waals surface area contributed by atoms with E-state index >= 15 is 0 Å². The van der Waals surface area contributed by atoms with Crippen molar-refractivity contribution in [3.8, 4) is 0 Å². The average molecular weight is 445 g/mol. The van der Waals surface area contributed by atoms with Crippen LogP contribution in [-0.2, 0) is 19.6 Å². The second-order valence-corrected chi connectivity index (χ2v) is 9.19. The average Bonchev–Trinajstić information content (AvgIpc) is 2.78. The number of carbonyl (C=O) groups is 3. The van der Waals surface area contributed by atoms with Gasteiger partial charge in [0.05, 0.1) is 10.5 Å². The highest BCUT2D eigenvalue weighted by Crippen LogP contribution is 2.21. The van der Waals surface area contributed by atoms with Crippen LogP contribution in [0.3, 0.4) is 0 Å². The fourth-order valence-corrected chi connectivity index (χ4v) is 4.83. The van der Waals surface area contributed by atoms with E-state index in [2.05, 4.69) is 5.32 Å². The van der Waals surface area contributed by atoms with Gasteiger partial charge in [-0.3, -0.25) is 9.59 Å². The third-order valence-electron chi connectivity index (χ3n) is 4.91. The van der Waals surface area contributed by atoms with Crippen LogP contribution >= 0.6 is 0 Å². The first-order valence-corrected chi connectivity index (χ1v) is 11.4. The fourth-order valence-electron chi connectivity index (χ4n) is 3.27. The van der Waals surface area contributed by atoms with E-state index in [1.54, 1.807) is 18.2 Å². The van der Waals surface area contributed by atoms with Crippen LogP contribution in [0.25, 0.3) is 0 Å². The molecule has 0 bridgehead atoms. The Morgan fingerprint density at radius 3 is 2.35 bits per heavy atom. The number of sulfonamides is 1. The molecular formula is C22H24N2O6S. The van der Waals surface area contributed by atoms with Gasteiger partial charge in [-0.25, -0.2) is 13.2 Å². The number of carbonyl (C=O) groups excluding carboxylic acids is 3. The number of Topliss-reactive ketones (excluding diaryl/α,β-unsaturated/α-hetero) is 1. The van der Waals surface area contributed by atoms with Crippen molar-refractivity contribution in [3.05, 3.63) is 59.7 Å². The van der Waals surface area contributed by atoms with E-state index in [-0.39, 0.29) is 16.2 Å². The van der Waals surface area contributed by atoms with Crippen LogP contribution < -0.4 is 5.32 Å². The molecule has 1 heterocycles. The molecule has 3 rings (SSSR count). The van der Waals surface area contributed by atoms with Crippen LogP contribution in [0.2, 0.25) is 0 Å². The zero-order valence-electron chi connectivity index (χ0n) is 17.2. The summed E-state index contributed by atoms with van der Waals surface area (Å²) in [5, 5.41) is 2.55. The fraction of sp³-hybridized carbons (Fsp3) is 0.318. The van der Waals surface area contributed by atoms with E-state index in [9.17, 15) is 22.8 Å². The Morgan fingerprint density at radius 2 is 1.65 bits per heavy atom. The molecule has 1 aliphatic heterocycles. The van der Waals surface area contributed by atoms with Crippen molar-refractivity contribution in [2.24, 2.45) is 0 Å². The van der Waals surface area contributed by atoms with Crippen molar-refractivity contribution in [2.45, 2.75) is 31.1 Å². The predicted molar refractivity (Wildman–Crippen MR) is 114 cm³/mol. The van der Waals surface area contributed by atoms with Gasteiger partial charge in [-0.1, -0.05) is 24.6 Å². The van der Waals surface area contributed by atoms with E-state index < -0.39 is 28.5 Å². The molecule has 1 saturated heterocycles.